The smallest absolute Gasteiger partial charge is 0.338 e. The summed E-state index contributed by atoms with van der Waals surface area (Å²) in [5.74, 6) is 5.08. The first-order valence-corrected chi connectivity index (χ1v) is 8.65. The number of fused-ring (bicyclic) bond motifs is 3. The van der Waals surface area contributed by atoms with Crippen LogP contribution in [-0.2, 0) is 11.3 Å². The topological polar surface area (TPSA) is 64.3 Å². The van der Waals surface area contributed by atoms with Crippen LogP contribution in [0.5, 0.6) is 0 Å². The molecule has 0 saturated carbocycles. The Morgan fingerprint density at radius 1 is 0.889 bits per heavy atom. The van der Waals surface area contributed by atoms with E-state index in [1.54, 1.807) is 12.1 Å². The van der Waals surface area contributed by atoms with Gasteiger partial charge in [0.15, 0.2) is 0 Å². The third-order valence-corrected chi connectivity index (χ3v) is 4.84. The van der Waals surface area contributed by atoms with E-state index in [-0.39, 0.29) is 24.3 Å². The number of hydrazine groups is 1. The van der Waals surface area contributed by atoms with Crippen LogP contribution in [0.3, 0.4) is 0 Å². The van der Waals surface area contributed by atoms with Crippen molar-refractivity contribution < 1.29 is 9.53 Å². The molecule has 0 spiro atoms. The van der Waals surface area contributed by atoms with Crippen molar-refractivity contribution in [2.24, 2.45) is 5.84 Å². The van der Waals surface area contributed by atoms with Gasteiger partial charge in [0, 0.05) is 12.5 Å². The van der Waals surface area contributed by atoms with Gasteiger partial charge in [-0.3, -0.25) is 11.3 Å². The molecule has 0 amide bonds. The van der Waals surface area contributed by atoms with E-state index in [2.05, 4.69) is 29.7 Å². The van der Waals surface area contributed by atoms with E-state index in [0.717, 1.165) is 5.56 Å². The van der Waals surface area contributed by atoms with Crippen molar-refractivity contribution in [2.75, 3.05) is 6.61 Å². The molecule has 0 atom stereocenters. The Labute approximate surface area is 164 Å². The maximum atomic E-state index is 12.4. The standard InChI is InChI=1S/C22H20N2O2.ClH/c23-24-13-15-9-11-16(12-10-15)22(25)26-14-21-19-7-3-1-5-17(19)18-6-2-4-8-20(18)21;/h1-12,21,24H,13-14,23H2;1H. The molecule has 27 heavy (non-hydrogen) atoms. The molecule has 0 aromatic heterocycles. The fraction of sp³-hybridized carbons (Fsp3) is 0.136. The maximum absolute atomic E-state index is 12.4. The second-order valence-electron chi connectivity index (χ2n) is 6.40. The van der Waals surface area contributed by atoms with E-state index in [1.807, 2.05) is 36.4 Å². The average Bonchev–Trinajstić information content (AvgIpc) is 3.01. The van der Waals surface area contributed by atoms with Gasteiger partial charge in [-0.1, -0.05) is 60.7 Å². The van der Waals surface area contributed by atoms with Crippen LogP contribution in [0.2, 0.25) is 0 Å². The number of esters is 1. The Kier molecular flexibility index (Phi) is 5.91. The summed E-state index contributed by atoms with van der Waals surface area (Å²) in [6.07, 6.45) is 0. The molecule has 0 heterocycles. The third-order valence-electron chi connectivity index (χ3n) is 4.84. The molecule has 4 rings (SSSR count). The van der Waals surface area contributed by atoms with Crippen LogP contribution in [0.25, 0.3) is 11.1 Å². The summed E-state index contributed by atoms with van der Waals surface area (Å²) in [6, 6.07) is 23.9. The number of rotatable bonds is 5. The lowest BCUT2D eigenvalue weighted by atomic mass is 9.98. The maximum Gasteiger partial charge on any atom is 0.338 e. The van der Waals surface area contributed by atoms with Crippen LogP contribution < -0.4 is 11.3 Å². The number of halogens is 1. The van der Waals surface area contributed by atoms with Gasteiger partial charge in [-0.2, -0.15) is 0 Å². The van der Waals surface area contributed by atoms with Crippen LogP contribution in [0.1, 0.15) is 33.0 Å². The second kappa shape index (κ2) is 8.35. The Hall–Kier alpha value is -2.66. The molecule has 1 aliphatic rings. The molecule has 3 N–H and O–H groups in total. The lowest BCUT2D eigenvalue weighted by Crippen LogP contribution is -2.20. The Morgan fingerprint density at radius 2 is 1.44 bits per heavy atom. The van der Waals surface area contributed by atoms with Gasteiger partial charge in [0.2, 0.25) is 0 Å². The molecular formula is C22H21ClN2O2. The van der Waals surface area contributed by atoms with Gasteiger partial charge in [0.1, 0.15) is 6.61 Å². The Bertz CT molecular complexity index is 896. The van der Waals surface area contributed by atoms with Crippen LogP contribution in [-0.4, -0.2) is 12.6 Å². The lowest BCUT2D eigenvalue weighted by Gasteiger charge is -2.14. The van der Waals surface area contributed by atoms with Gasteiger partial charge in [-0.15, -0.1) is 12.4 Å². The zero-order valence-corrected chi connectivity index (χ0v) is 15.5. The van der Waals surface area contributed by atoms with Crippen LogP contribution in [0.15, 0.2) is 72.8 Å². The molecule has 1 aliphatic carbocycles. The van der Waals surface area contributed by atoms with Crippen LogP contribution in [0.4, 0.5) is 0 Å². The highest BCUT2D eigenvalue weighted by atomic mass is 35.5. The van der Waals surface area contributed by atoms with E-state index in [0.29, 0.717) is 18.7 Å². The largest absolute Gasteiger partial charge is 0.461 e. The quantitative estimate of drug-likeness (QED) is 0.398. The summed E-state index contributed by atoms with van der Waals surface area (Å²) in [5, 5.41) is 0. The molecule has 3 aromatic rings. The molecule has 0 unspecified atom stereocenters. The highest BCUT2D eigenvalue weighted by molar-refractivity contribution is 5.89. The van der Waals surface area contributed by atoms with Crippen LogP contribution in [0, 0.1) is 0 Å². The molecule has 0 aliphatic heterocycles. The van der Waals surface area contributed by atoms with Crippen molar-refractivity contribution in [3.05, 3.63) is 95.1 Å². The van der Waals surface area contributed by atoms with Gasteiger partial charge in [-0.05, 0) is 39.9 Å². The summed E-state index contributed by atoms with van der Waals surface area (Å²) >= 11 is 0. The molecule has 0 bridgehead atoms. The summed E-state index contributed by atoms with van der Waals surface area (Å²) < 4.78 is 5.65. The van der Waals surface area contributed by atoms with E-state index in [9.17, 15) is 4.79 Å². The minimum Gasteiger partial charge on any atom is -0.461 e. The lowest BCUT2D eigenvalue weighted by molar-refractivity contribution is 0.0493. The SMILES string of the molecule is Cl.NNCc1ccc(C(=O)OCC2c3ccccc3-c3ccccc32)cc1. The molecule has 0 saturated heterocycles. The predicted octanol–water partition coefficient (Wildman–Crippen LogP) is 4.04. The van der Waals surface area contributed by atoms with Crippen molar-refractivity contribution >= 4 is 18.4 Å². The number of hydrogen-bond donors (Lipinski definition) is 2. The first-order chi connectivity index (χ1) is 12.8. The van der Waals surface area contributed by atoms with Gasteiger partial charge in [-0.25, -0.2) is 4.79 Å². The van der Waals surface area contributed by atoms with Crippen LogP contribution >= 0.6 is 12.4 Å². The summed E-state index contributed by atoms with van der Waals surface area (Å²) in [6.45, 7) is 0.893. The monoisotopic (exact) mass is 380 g/mol. The van der Waals surface area contributed by atoms with Crippen molar-refractivity contribution in [3.8, 4) is 11.1 Å². The van der Waals surface area contributed by atoms with E-state index >= 15 is 0 Å². The number of carbonyl (C=O) groups excluding carboxylic acids is 1. The van der Waals surface area contributed by atoms with E-state index < -0.39 is 0 Å². The number of ether oxygens (including phenoxy) is 1. The van der Waals surface area contributed by atoms with Crippen molar-refractivity contribution in [2.45, 2.75) is 12.5 Å². The molecule has 0 fully saturated rings. The highest BCUT2D eigenvalue weighted by Crippen LogP contribution is 2.44. The number of carbonyl (C=O) groups is 1. The van der Waals surface area contributed by atoms with Gasteiger partial charge in [0.05, 0.1) is 5.56 Å². The minimum absolute atomic E-state index is 0. The number of hydrogen-bond acceptors (Lipinski definition) is 4. The molecule has 5 heteroatoms. The zero-order valence-electron chi connectivity index (χ0n) is 14.7. The fourth-order valence-electron chi connectivity index (χ4n) is 3.56. The minimum atomic E-state index is -0.306. The fourth-order valence-corrected chi connectivity index (χ4v) is 3.56. The van der Waals surface area contributed by atoms with Gasteiger partial charge >= 0.3 is 5.97 Å². The first kappa shape index (κ1) is 19.1. The number of nitrogens with one attached hydrogen (secondary N) is 1. The molecule has 0 radical (unpaired) electrons. The summed E-state index contributed by atoms with van der Waals surface area (Å²) in [5.41, 5.74) is 9.04. The summed E-state index contributed by atoms with van der Waals surface area (Å²) in [7, 11) is 0. The zero-order chi connectivity index (χ0) is 17.9. The van der Waals surface area contributed by atoms with E-state index in [4.69, 9.17) is 10.6 Å². The molecule has 4 nitrogen and oxygen atoms in total. The molecule has 138 valence electrons. The second-order valence-corrected chi connectivity index (χ2v) is 6.40. The van der Waals surface area contributed by atoms with Crippen molar-refractivity contribution in [1.82, 2.24) is 5.43 Å². The van der Waals surface area contributed by atoms with Crippen molar-refractivity contribution in [1.29, 1.82) is 0 Å². The predicted molar refractivity (Wildman–Crippen MR) is 109 cm³/mol. The Morgan fingerprint density at radius 3 is 2.00 bits per heavy atom. The average molecular weight is 381 g/mol. The summed E-state index contributed by atoms with van der Waals surface area (Å²) in [4.78, 5) is 12.4. The normalized spacial score (nSPS) is 12.0. The number of nitrogens with two attached hydrogens (primary N) is 1. The Balaban J connectivity index is 0.00000210. The van der Waals surface area contributed by atoms with Crippen molar-refractivity contribution in [3.63, 3.8) is 0 Å². The third kappa shape index (κ3) is 3.74. The first-order valence-electron chi connectivity index (χ1n) is 8.65. The molecular weight excluding hydrogens is 360 g/mol. The van der Waals surface area contributed by atoms with Gasteiger partial charge < -0.3 is 4.74 Å². The highest BCUT2D eigenvalue weighted by Gasteiger charge is 2.29. The van der Waals surface area contributed by atoms with E-state index in [1.165, 1.54) is 22.3 Å². The number of benzene rings is 3. The van der Waals surface area contributed by atoms with Gasteiger partial charge in [0.25, 0.3) is 0 Å². The molecule has 3 aromatic carbocycles.